The molecule has 2 fully saturated rings. The summed E-state index contributed by atoms with van der Waals surface area (Å²) in [5, 5.41) is 0. The van der Waals surface area contributed by atoms with Gasteiger partial charge in [-0.1, -0.05) is 20.8 Å². The third-order valence-electron chi connectivity index (χ3n) is 4.67. The Morgan fingerprint density at radius 2 is 1.88 bits per heavy atom. The van der Waals surface area contributed by atoms with Gasteiger partial charge in [-0.3, -0.25) is 4.79 Å². The Morgan fingerprint density at radius 3 is 2.46 bits per heavy atom. The lowest BCUT2D eigenvalue weighted by molar-refractivity contribution is -0.142. The Kier molecular flexibility index (Phi) is 4.21. The SMILES string of the molecule is CC(C)(C)c1nccc(N2CC(C(=O)N3CCC(F)(F)CC3)C2)n1. The summed E-state index contributed by atoms with van der Waals surface area (Å²) in [6.45, 7) is 7.66. The number of carbonyl (C=O) groups is 1. The van der Waals surface area contributed by atoms with Crippen molar-refractivity contribution in [2.45, 2.75) is 45.0 Å². The number of carbonyl (C=O) groups excluding carboxylic acids is 1. The predicted molar refractivity (Wildman–Crippen MR) is 87.2 cm³/mol. The van der Waals surface area contributed by atoms with E-state index in [1.807, 2.05) is 11.0 Å². The number of halogens is 2. The molecule has 2 aliphatic rings. The molecular formula is C17H24F2N4O. The topological polar surface area (TPSA) is 49.3 Å². The summed E-state index contributed by atoms with van der Waals surface area (Å²) in [5.41, 5.74) is -0.130. The molecule has 0 unspecified atom stereocenters. The number of aromatic nitrogens is 2. The standard InChI is InChI=1S/C17H24F2N4O/c1-16(2,3)15-20-7-4-13(21-15)23-10-12(11-23)14(24)22-8-5-17(18,19)6-9-22/h4,7,12H,5-6,8-11H2,1-3H3. The van der Waals surface area contributed by atoms with Crippen molar-refractivity contribution in [2.75, 3.05) is 31.1 Å². The Morgan fingerprint density at radius 1 is 1.25 bits per heavy atom. The third kappa shape index (κ3) is 3.49. The molecule has 0 aliphatic carbocycles. The van der Waals surface area contributed by atoms with E-state index < -0.39 is 5.92 Å². The summed E-state index contributed by atoms with van der Waals surface area (Å²) < 4.78 is 26.4. The first kappa shape index (κ1) is 17.0. The second kappa shape index (κ2) is 5.93. The summed E-state index contributed by atoms with van der Waals surface area (Å²) in [4.78, 5) is 24.9. The van der Waals surface area contributed by atoms with Gasteiger partial charge in [0.1, 0.15) is 11.6 Å². The first-order valence-electron chi connectivity index (χ1n) is 8.41. The maximum Gasteiger partial charge on any atom is 0.251 e. The highest BCUT2D eigenvalue weighted by molar-refractivity contribution is 5.82. The van der Waals surface area contributed by atoms with Crippen LogP contribution in [0.3, 0.4) is 0 Å². The molecule has 132 valence electrons. The second-order valence-corrected chi connectivity index (χ2v) is 7.77. The molecule has 1 aromatic rings. The number of amides is 1. The molecule has 1 aromatic heterocycles. The Hall–Kier alpha value is -1.79. The van der Waals surface area contributed by atoms with Crippen LogP contribution in [0.25, 0.3) is 0 Å². The normalized spacial score (nSPS) is 21.5. The quantitative estimate of drug-likeness (QED) is 0.831. The van der Waals surface area contributed by atoms with E-state index in [1.54, 1.807) is 11.1 Å². The molecule has 3 rings (SSSR count). The van der Waals surface area contributed by atoms with Gasteiger partial charge in [0.15, 0.2) is 0 Å². The largest absolute Gasteiger partial charge is 0.355 e. The lowest BCUT2D eigenvalue weighted by Gasteiger charge is -2.42. The van der Waals surface area contributed by atoms with Gasteiger partial charge < -0.3 is 9.80 Å². The van der Waals surface area contributed by atoms with Crippen molar-refractivity contribution in [2.24, 2.45) is 5.92 Å². The maximum absolute atomic E-state index is 13.2. The number of rotatable bonds is 2. The smallest absolute Gasteiger partial charge is 0.251 e. The molecule has 24 heavy (non-hydrogen) atoms. The van der Waals surface area contributed by atoms with Gasteiger partial charge in [-0.05, 0) is 6.07 Å². The fraction of sp³-hybridized carbons (Fsp3) is 0.706. The van der Waals surface area contributed by atoms with Crippen molar-refractivity contribution in [1.82, 2.24) is 14.9 Å². The van der Waals surface area contributed by atoms with Crippen molar-refractivity contribution in [3.05, 3.63) is 18.1 Å². The van der Waals surface area contributed by atoms with Gasteiger partial charge in [0, 0.05) is 50.6 Å². The summed E-state index contributed by atoms with van der Waals surface area (Å²) in [6, 6.07) is 1.84. The first-order chi connectivity index (χ1) is 11.2. The Labute approximate surface area is 141 Å². The third-order valence-corrected chi connectivity index (χ3v) is 4.67. The van der Waals surface area contributed by atoms with Crippen LogP contribution >= 0.6 is 0 Å². The molecule has 2 saturated heterocycles. The van der Waals surface area contributed by atoms with E-state index >= 15 is 0 Å². The van der Waals surface area contributed by atoms with Gasteiger partial charge in [-0.15, -0.1) is 0 Å². The van der Waals surface area contributed by atoms with Crippen molar-refractivity contribution < 1.29 is 13.6 Å². The van der Waals surface area contributed by atoms with Gasteiger partial charge in [-0.2, -0.15) is 0 Å². The Balaban J connectivity index is 1.57. The zero-order valence-corrected chi connectivity index (χ0v) is 14.4. The summed E-state index contributed by atoms with van der Waals surface area (Å²) >= 11 is 0. The molecule has 0 saturated carbocycles. The van der Waals surface area contributed by atoms with Crippen LogP contribution in [0.2, 0.25) is 0 Å². The summed E-state index contributed by atoms with van der Waals surface area (Å²) in [5.74, 6) is -1.15. The van der Waals surface area contributed by atoms with Gasteiger partial charge >= 0.3 is 0 Å². The average Bonchev–Trinajstić information content (AvgIpc) is 2.45. The van der Waals surface area contributed by atoms with E-state index in [4.69, 9.17) is 0 Å². The van der Waals surface area contributed by atoms with E-state index in [0.29, 0.717) is 13.1 Å². The van der Waals surface area contributed by atoms with E-state index in [9.17, 15) is 13.6 Å². The second-order valence-electron chi connectivity index (χ2n) is 7.77. The predicted octanol–water partition coefficient (Wildman–Crippen LogP) is 2.47. The average molecular weight is 338 g/mol. The molecular weight excluding hydrogens is 314 g/mol. The highest BCUT2D eigenvalue weighted by Gasteiger charge is 2.41. The van der Waals surface area contributed by atoms with Crippen LogP contribution in [0.1, 0.15) is 39.4 Å². The van der Waals surface area contributed by atoms with Crippen molar-refractivity contribution in [3.63, 3.8) is 0 Å². The molecule has 5 nitrogen and oxygen atoms in total. The molecule has 7 heteroatoms. The number of hydrogen-bond acceptors (Lipinski definition) is 4. The van der Waals surface area contributed by atoms with Gasteiger partial charge in [0.2, 0.25) is 5.91 Å². The van der Waals surface area contributed by atoms with Crippen molar-refractivity contribution in [3.8, 4) is 0 Å². The minimum atomic E-state index is -2.62. The van der Waals surface area contributed by atoms with Crippen LogP contribution in [0.4, 0.5) is 14.6 Å². The fourth-order valence-electron chi connectivity index (χ4n) is 3.02. The molecule has 2 aliphatic heterocycles. The number of anilines is 1. The number of piperidine rings is 1. The van der Waals surface area contributed by atoms with E-state index in [0.717, 1.165) is 11.6 Å². The van der Waals surface area contributed by atoms with Crippen molar-refractivity contribution >= 4 is 11.7 Å². The molecule has 0 bridgehead atoms. The minimum absolute atomic E-state index is 0.00755. The highest BCUT2D eigenvalue weighted by Crippen LogP contribution is 2.31. The Bertz CT molecular complexity index is 613. The van der Waals surface area contributed by atoms with Crippen LogP contribution in [-0.2, 0) is 10.2 Å². The molecule has 0 atom stereocenters. The molecule has 1 amide bonds. The molecule has 0 spiro atoms. The lowest BCUT2D eigenvalue weighted by atomic mass is 9.95. The minimum Gasteiger partial charge on any atom is -0.355 e. The van der Waals surface area contributed by atoms with E-state index in [1.165, 1.54) is 0 Å². The lowest BCUT2D eigenvalue weighted by Crippen LogP contribution is -2.56. The summed E-state index contributed by atoms with van der Waals surface area (Å²) in [6.07, 6.45) is 1.29. The summed E-state index contributed by atoms with van der Waals surface area (Å²) in [7, 11) is 0. The fourth-order valence-corrected chi connectivity index (χ4v) is 3.02. The van der Waals surface area contributed by atoms with Gasteiger partial charge in [0.05, 0.1) is 5.92 Å². The van der Waals surface area contributed by atoms with Crippen LogP contribution in [0.5, 0.6) is 0 Å². The van der Waals surface area contributed by atoms with E-state index in [-0.39, 0.29) is 43.2 Å². The van der Waals surface area contributed by atoms with Crippen LogP contribution in [0, 0.1) is 5.92 Å². The zero-order valence-electron chi connectivity index (χ0n) is 14.4. The molecule has 0 radical (unpaired) electrons. The number of nitrogens with zero attached hydrogens (tertiary/aromatic N) is 4. The van der Waals surface area contributed by atoms with Crippen molar-refractivity contribution in [1.29, 1.82) is 0 Å². The molecule has 0 aromatic carbocycles. The number of hydrogen-bond donors (Lipinski definition) is 0. The van der Waals surface area contributed by atoms with Gasteiger partial charge in [0.25, 0.3) is 5.92 Å². The molecule has 3 heterocycles. The van der Waals surface area contributed by atoms with Gasteiger partial charge in [-0.25, -0.2) is 18.7 Å². The monoisotopic (exact) mass is 338 g/mol. The zero-order chi connectivity index (χ0) is 17.5. The highest BCUT2D eigenvalue weighted by atomic mass is 19.3. The molecule has 0 N–H and O–H groups in total. The van der Waals surface area contributed by atoms with Crippen LogP contribution in [0.15, 0.2) is 12.3 Å². The first-order valence-corrected chi connectivity index (χ1v) is 8.41. The number of likely N-dealkylation sites (tertiary alicyclic amines) is 1. The van der Waals surface area contributed by atoms with E-state index in [2.05, 4.69) is 30.7 Å². The maximum atomic E-state index is 13.2. The number of alkyl halides is 2. The van der Waals surface area contributed by atoms with Crippen LogP contribution in [-0.4, -0.2) is 52.9 Å². The van der Waals surface area contributed by atoms with Crippen LogP contribution < -0.4 is 4.90 Å².